The van der Waals surface area contributed by atoms with Crippen molar-refractivity contribution in [3.8, 4) is 11.7 Å². The van der Waals surface area contributed by atoms with Gasteiger partial charge in [-0.05, 0) is 35.2 Å². The van der Waals surface area contributed by atoms with Crippen LogP contribution in [0, 0.1) is 0 Å². The molecule has 1 saturated carbocycles. The summed E-state index contributed by atoms with van der Waals surface area (Å²) in [7, 11) is 0. The number of urea groups is 1. The maximum atomic E-state index is 12.7. The number of aliphatic hydroxyl groups excluding tert-OH is 3. The van der Waals surface area contributed by atoms with E-state index in [9.17, 15) is 30.0 Å². The third-order valence-corrected chi connectivity index (χ3v) is 9.21. The van der Waals surface area contributed by atoms with Crippen molar-refractivity contribution in [2.75, 3.05) is 23.8 Å². The Morgan fingerprint density at radius 3 is 2.32 bits per heavy atom. The zero-order chi connectivity index (χ0) is 36.9. The molecule has 1 fully saturated rings. The average molecular weight is 719 g/mol. The monoisotopic (exact) mass is 718 g/mol. The van der Waals surface area contributed by atoms with Gasteiger partial charge in [0.2, 0.25) is 11.9 Å². The third kappa shape index (κ3) is 7.79. The number of carbonyl (C=O) groups is 2. The number of aliphatic hydroxyl groups is 3. The number of amides is 3. The lowest BCUT2D eigenvalue weighted by molar-refractivity contribution is -0.125. The lowest BCUT2D eigenvalue weighted by Crippen LogP contribution is -2.44. The van der Waals surface area contributed by atoms with Gasteiger partial charge in [0.15, 0.2) is 22.8 Å². The molecule has 7 rings (SSSR count). The van der Waals surface area contributed by atoms with Crippen LogP contribution in [0.1, 0.15) is 35.1 Å². The highest BCUT2D eigenvalue weighted by Gasteiger charge is 2.44. The third-order valence-electron chi connectivity index (χ3n) is 9.21. The van der Waals surface area contributed by atoms with Crippen LogP contribution in [0.5, 0.6) is 5.75 Å². The van der Waals surface area contributed by atoms with Crippen LogP contribution in [0.15, 0.2) is 104 Å². The number of carbonyl (C=O) groups excluding carboxylic acids is 2. The summed E-state index contributed by atoms with van der Waals surface area (Å²) in [5.74, 6) is 0.159. The summed E-state index contributed by atoms with van der Waals surface area (Å²) in [4.78, 5) is 43.2. The van der Waals surface area contributed by atoms with Gasteiger partial charge in [0.1, 0.15) is 30.9 Å². The van der Waals surface area contributed by atoms with Crippen molar-refractivity contribution in [2.45, 2.75) is 43.2 Å². The van der Waals surface area contributed by atoms with Gasteiger partial charge in [-0.15, -0.1) is 0 Å². The predicted octanol–water partition coefficient (Wildman–Crippen LogP) is 2.43. The molecule has 0 bridgehead atoms. The first-order chi connectivity index (χ1) is 25.8. The predicted molar refractivity (Wildman–Crippen MR) is 194 cm³/mol. The number of phenolic OH excluding ortho intramolecular Hbond substituents is 1. The molecule has 16 nitrogen and oxygen atoms in total. The van der Waals surface area contributed by atoms with Gasteiger partial charge in [-0.2, -0.15) is 9.97 Å². The summed E-state index contributed by atoms with van der Waals surface area (Å²) >= 11 is 0. The summed E-state index contributed by atoms with van der Waals surface area (Å²) in [5, 5.41) is 52.3. The maximum absolute atomic E-state index is 12.7. The van der Waals surface area contributed by atoms with E-state index in [0.29, 0.717) is 29.1 Å². The highest BCUT2D eigenvalue weighted by atomic mass is 16.3. The lowest BCUT2D eigenvalue weighted by Gasteiger charge is -2.20. The molecule has 53 heavy (non-hydrogen) atoms. The molecule has 0 unspecified atom stereocenters. The second-order valence-corrected chi connectivity index (χ2v) is 12.7. The van der Waals surface area contributed by atoms with Crippen LogP contribution in [-0.2, 0) is 11.3 Å². The highest BCUT2D eigenvalue weighted by molar-refractivity contribution is 5.88. The van der Waals surface area contributed by atoms with Gasteiger partial charge in [0.25, 0.3) is 0 Å². The Morgan fingerprint density at radius 2 is 1.62 bits per heavy atom. The van der Waals surface area contributed by atoms with E-state index < -0.39 is 42.8 Å². The van der Waals surface area contributed by atoms with Crippen LogP contribution in [0.2, 0.25) is 0 Å². The number of aromatic hydroxyl groups is 1. The number of rotatable bonds is 12. The first kappa shape index (κ1) is 35.1. The molecule has 16 heteroatoms. The fourth-order valence-corrected chi connectivity index (χ4v) is 6.57. The standard InChI is InChI=1S/C37H38N10O6/c48-19-30(50)42-27-15-28(33(52)32(27)51)47-21-41-31-34(38-17-26(23-9-3-1-4-10-23)24-11-5-2-6-12-24)44-36(45-35(31)47)46-18-29(40-20-46)43-37(53)39-16-22-8-7-13-25(49)14-22/h1-14,18,20-21,26-28,32-33,48-49,51-52H,15-17,19H2,(H,42,50)(H,38,44,45)(H2,39,43,53)/t27-,28+,32+,33-/m0/s1. The normalized spacial score (nSPS) is 18.3. The second-order valence-electron chi connectivity index (χ2n) is 12.7. The molecule has 1 aliphatic carbocycles. The van der Waals surface area contributed by atoms with Crippen LogP contribution in [-0.4, -0.2) is 92.8 Å². The number of anilines is 2. The van der Waals surface area contributed by atoms with Gasteiger partial charge >= 0.3 is 6.03 Å². The molecule has 3 aromatic carbocycles. The number of fused-ring (bicyclic) bond motifs is 1. The van der Waals surface area contributed by atoms with Crippen molar-refractivity contribution >= 4 is 34.7 Å². The van der Waals surface area contributed by atoms with Crippen molar-refractivity contribution in [1.29, 1.82) is 0 Å². The quantitative estimate of drug-likeness (QED) is 0.0917. The van der Waals surface area contributed by atoms with E-state index in [2.05, 4.69) is 55.5 Å². The number of nitrogens with one attached hydrogen (secondary N) is 4. The smallest absolute Gasteiger partial charge is 0.320 e. The molecule has 6 aromatic rings. The Labute approximate surface area is 303 Å². The van der Waals surface area contributed by atoms with Crippen LogP contribution in [0.3, 0.4) is 0 Å². The molecule has 3 amide bonds. The largest absolute Gasteiger partial charge is 0.508 e. The van der Waals surface area contributed by atoms with Gasteiger partial charge in [0.05, 0.1) is 24.6 Å². The zero-order valence-corrected chi connectivity index (χ0v) is 28.3. The van der Waals surface area contributed by atoms with E-state index in [-0.39, 0.29) is 36.4 Å². The van der Waals surface area contributed by atoms with Crippen LogP contribution >= 0.6 is 0 Å². The van der Waals surface area contributed by atoms with Crippen molar-refractivity contribution in [2.24, 2.45) is 0 Å². The lowest BCUT2D eigenvalue weighted by atomic mass is 9.91. The van der Waals surface area contributed by atoms with Gasteiger partial charge in [-0.3, -0.25) is 14.7 Å². The van der Waals surface area contributed by atoms with E-state index in [1.165, 1.54) is 17.2 Å². The summed E-state index contributed by atoms with van der Waals surface area (Å²) < 4.78 is 3.17. The second kappa shape index (κ2) is 15.5. The van der Waals surface area contributed by atoms with Gasteiger partial charge in [-0.25, -0.2) is 14.8 Å². The molecule has 0 spiro atoms. The van der Waals surface area contributed by atoms with Crippen molar-refractivity contribution < 1.29 is 30.0 Å². The number of phenols is 1. The van der Waals surface area contributed by atoms with Crippen molar-refractivity contribution in [3.05, 3.63) is 120 Å². The molecule has 0 saturated heterocycles. The van der Waals surface area contributed by atoms with E-state index in [1.807, 2.05) is 36.4 Å². The summed E-state index contributed by atoms with van der Waals surface area (Å²) in [6, 6.07) is 24.6. The number of hydrogen-bond acceptors (Lipinski definition) is 11. The van der Waals surface area contributed by atoms with Crippen LogP contribution < -0.4 is 21.3 Å². The molecule has 3 aromatic heterocycles. The molecular formula is C37H38N10O6. The van der Waals surface area contributed by atoms with E-state index >= 15 is 0 Å². The van der Waals surface area contributed by atoms with Crippen molar-refractivity contribution in [3.63, 3.8) is 0 Å². The van der Waals surface area contributed by atoms with E-state index in [4.69, 9.17) is 9.97 Å². The Bertz CT molecular complexity index is 2160. The summed E-state index contributed by atoms with van der Waals surface area (Å²) in [6.07, 6.45) is 2.06. The summed E-state index contributed by atoms with van der Waals surface area (Å²) in [5.41, 5.74) is 3.64. The van der Waals surface area contributed by atoms with Crippen molar-refractivity contribution in [1.82, 2.24) is 39.7 Å². The fraction of sp³-hybridized carbons (Fsp3) is 0.243. The van der Waals surface area contributed by atoms with Gasteiger partial charge in [-0.1, -0.05) is 72.8 Å². The number of benzene rings is 3. The first-order valence-corrected chi connectivity index (χ1v) is 17.0. The Morgan fingerprint density at radius 1 is 0.887 bits per heavy atom. The Balaban J connectivity index is 1.20. The zero-order valence-electron chi connectivity index (χ0n) is 28.3. The molecule has 4 atom stereocenters. The van der Waals surface area contributed by atoms with E-state index in [0.717, 1.165) is 11.1 Å². The minimum Gasteiger partial charge on any atom is -0.508 e. The molecule has 8 N–H and O–H groups in total. The summed E-state index contributed by atoms with van der Waals surface area (Å²) in [6.45, 7) is -0.140. The minimum absolute atomic E-state index is 0.0574. The molecular weight excluding hydrogens is 680 g/mol. The topological polar surface area (TPSA) is 225 Å². The SMILES string of the molecule is O=C(CO)N[C@H]1C[C@@H](n2cnc3c(NCC(c4ccccc4)c4ccccc4)nc(-n4cnc(NC(=O)NCc5cccc(O)c5)c4)nc32)[C@H](O)[C@@H]1O. The van der Waals surface area contributed by atoms with Gasteiger partial charge < -0.3 is 40.9 Å². The van der Waals surface area contributed by atoms with E-state index in [1.54, 1.807) is 35.0 Å². The number of hydrogen-bond donors (Lipinski definition) is 8. The Kier molecular flexibility index (Phi) is 10.2. The molecule has 0 radical (unpaired) electrons. The Hall–Kier alpha value is -6.36. The van der Waals surface area contributed by atoms with Crippen LogP contribution in [0.4, 0.5) is 16.4 Å². The number of nitrogens with zero attached hydrogens (tertiary/aromatic N) is 6. The molecule has 0 aliphatic heterocycles. The maximum Gasteiger partial charge on any atom is 0.320 e. The number of imidazole rings is 2. The molecule has 1 aliphatic rings. The average Bonchev–Trinajstić information content (AvgIpc) is 3.89. The first-order valence-electron chi connectivity index (χ1n) is 17.0. The highest BCUT2D eigenvalue weighted by Crippen LogP contribution is 2.35. The molecule has 272 valence electrons. The van der Waals surface area contributed by atoms with Gasteiger partial charge in [0, 0.05) is 19.0 Å². The molecule has 3 heterocycles. The minimum atomic E-state index is -1.30. The number of aromatic nitrogens is 6. The fourth-order valence-electron chi connectivity index (χ4n) is 6.57. The van der Waals surface area contributed by atoms with Crippen LogP contribution in [0.25, 0.3) is 17.1 Å².